The van der Waals surface area contributed by atoms with Crippen molar-refractivity contribution in [3.63, 3.8) is 0 Å². The number of carbonyl (C=O) groups excluding carboxylic acids is 1. The number of nitrogens with zero attached hydrogens (tertiary/aromatic N) is 3. The number of nitrogens with one attached hydrogen (secondary N) is 1. The van der Waals surface area contributed by atoms with Gasteiger partial charge in [0.15, 0.2) is 4.34 Å². The highest BCUT2D eigenvalue weighted by atomic mass is 32.2. The molecule has 0 unspecified atom stereocenters. The standard InChI is InChI=1S/C22H18N4O2S2/c1-28-19-7-6-15(13-24-26-21(27)16-8-10-23-11-9-16)12-17(19)14-29-22-25-18-4-2-3-5-20(18)30-22/h2-13H,14H2,1H3,(H,26,27). The number of carbonyl (C=O) groups is 1. The van der Waals surface area contributed by atoms with E-state index in [1.165, 1.54) is 4.70 Å². The molecular weight excluding hydrogens is 416 g/mol. The molecule has 0 atom stereocenters. The summed E-state index contributed by atoms with van der Waals surface area (Å²) in [4.78, 5) is 20.6. The molecule has 0 radical (unpaired) electrons. The molecule has 30 heavy (non-hydrogen) atoms. The molecule has 150 valence electrons. The van der Waals surface area contributed by atoms with Crippen LogP contribution in [0, 0.1) is 0 Å². The molecule has 0 saturated carbocycles. The van der Waals surface area contributed by atoms with Crippen molar-refractivity contribution in [1.29, 1.82) is 0 Å². The second-order valence-corrected chi connectivity index (χ2v) is 8.50. The van der Waals surface area contributed by atoms with Gasteiger partial charge in [0.2, 0.25) is 0 Å². The van der Waals surface area contributed by atoms with E-state index in [0.29, 0.717) is 11.3 Å². The minimum absolute atomic E-state index is 0.284. The SMILES string of the molecule is COc1ccc(C=NNC(=O)c2ccncc2)cc1CSc1nc2ccccc2s1. The molecule has 4 rings (SSSR count). The summed E-state index contributed by atoms with van der Waals surface area (Å²) < 4.78 is 7.69. The number of para-hydroxylation sites is 1. The van der Waals surface area contributed by atoms with Crippen LogP contribution in [0.15, 0.2) is 76.4 Å². The largest absolute Gasteiger partial charge is 0.496 e. The van der Waals surface area contributed by atoms with Crippen LogP contribution >= 0.6 is 23.1 Å². The van der Waals surface area contributed by atoms with Crippen LogP contribution in [-0.4, -0.2) is 29.2 Å². The maximum Gasteiger partial charge on any atom is 0.271 e. The third kappa shape index (κ3) is 4.84. The van der Waals surface area contributed by atoms with Gasteiger partial charge in [-0.3, -0.25) is 9.78 Å². The van der Waals surface area contributed by atoms with Gasteiger partial charge in [0.1, 0.15) is 5.75 Å². The Morgan fingerprint density at radius 1 is 1.20 bits per heavy atom. The molecule has 2 heterocycles. The number of rotatable bonds is 7. The lowest BCUT2D eigenvalue weighted by Crippen LogP contribution is -2.17. The number of hydrogen-bond donors (Lipinski definition) is 1. The first-order valence-corrected chi connectivity index (χ1v) is 10.9. The van der Waals surface area contributed by atoms with Crippen LogP contribution in [0.4, 0.5) is 0 Å². The Kier molecular flexibility index (Phi) is 6.36. The van der Waals surface area contributed by atoms with Gasteiger partial charge in [-0.1, -0.05) is 23.9 Å². The van der Waals surface area contributed by atoms with Gasteiger partial charge in [-0.15, -0.1) is 11.3 Å². The van der Waals surface area contributed by atoms with E-state index in [2.05, 4.69) is 26.6 Å². The van der Waals surface area contributed by atoms with Crippen molar-refractivity contribution in [3.05, 3.63) is 83.7 Å². The summed E-state index contributed by atoms with van der Waals surface area (Å²) in [7, 11) is 1.66. The summed E-state index contributed by atoms with van der Waals surface area (Å²) in [6, 6.07) is 17.2. The first-order chi connectivity index (χ1) is 14.7. The van der Waals surface area contributed by atoms with Gasteiger partial charge in [-0.05, 0) is 48.0 Å². The van der Waals surface area contributed by atoms with Crippen molar-refractivity contribution in [1.82, 2.24) is 15.4 Å². The predicted octanol–water partition coefficient (Wildman–Crippen LogP) is 4.76. The Balaban J connectivity index is 1.44. The summed E-state index contributed by atoms with van der Waals surface area (Å²) in [5.41, 5.74) is 5.95. The van der Waals surface area contributed by atoms with Crippen LogP contribution in [-0.2, 0) is 5.75 Å². The predicted molar refractivity (Wildman–Crippen MR) is 121 cm³/mol. The molecule has 4 aromatic rings. The van der Waals surface area contributed by atoms with Crippen LogP contribution in [0.25, 0.3) is 10.2 Å². The fourth-order valence-corrected chi connectivity index (χ4v) is 4.82. The zero-order valence-corrected chi connectivity index (χ0v) is 17.7. The average molecular weight is 435 g/mol. The van der Waals surface area contributed by atoms with E-state index in [0.717, 1.165) is 26.7 Å². The van der Waals surface area contributed by atoms with Gasteiger partial charge >= 0.3 is 0 Å². The Bertz CT molecular complexity index is 1160. The topological polar surface area (TPSA) is 76.5 Å². The molecule has 0 aliphatic heterocycles. The average Bonchev–Trinajstić information content (AvgIpc) is 3.21. The molecule has 0 aliphatic rings. The number of thioether (sulfide) groups is 1. The van der Waals surface area contributed by atoms with Crippen molar-refractivity contribution < 1.29 is 9.53 Å². The van der Waals surface area contributed by atoms with Crippen molar-refractivity contribution in [2.75, 3.05) is 7.11 Å². The number of benzene rings is 2. The van der Waals surface area contributed by atoms with Crippen molar-refractivity contribution >= 4 is 45.4 Å². The van der Waals surface area contributed by atoms with Gasteiger partial charge in [0, 0.05) is 29.3 Å². The molecule has 0 saturated heterocycles. The first-order valence-electron chi connectivity index (χ1n) is 9.11. The zero-order valence-electron chi connectivity index (χ0n) is 16.1. The number of pyridine rings is 1. The number of amides is 1. The van der Waals surface area contributed by atoms with Gasteiger partial charge in [-0.25, -0.2) is 10.4 Å². The summed E-state index contributed by atoms with van der Waals surface area (Å²) in [6.07, 6.45) is 4.75. The number of thiazole rings is 1. The van der Waals surface area contributed by atoms with Gasteiger partial charge in [0.25, 0.3) is 5.91 Å². The number of hydrazone groups is 1. The number of ether oxygens (including phenoxy) is 1. The van der Waals surface area contributed by atoms with E-state index in [1.54, 1.807) is 60.9 Å². The number of hydrogen-bond acceptors (Lipinski definition) is 7. The van der Waals surface area contributed by atoms with E-state index >= 15 is 0 Å². The number of methoxy groups -OCH3 is 1. The molecule has 0 aliphatic carbocycles. The lowest BCUT2D eigenvalue weighted by atomic mass is 10.1. The van der Waals surface area contributed by atoms with Crippen molar-refractivity contribution in [2.45, 2.75) is 10.1 Å². The quantitative estimate of drug-likeness (QED) is 0.258. The molecule has 6 nitrogen and oxygen atoms in total. The zero-order chi connectivity index (χ0) is 20.8. The van der Waals surface area contributed by atoms with E-state index in [9.17, 15) is 4.79 Å². The first kappa shape index (κ1) is 20.1. The molecule has 1 N–H and O–H groups in total. The highest BCUT2D eigenvalue weighted by molar-refractivity contribution is 8.00. The lowest BCUT2D eigenvalue weighted by molar-refractivity contribution is 0.0955. The Morgan fingerprint density at radius 2 is 2.03 bits per heavy atom. The van der Waals surface area contributed by atoms with E-state index in [4.69, 9.17) is 4.74 Å². The third-order valence-corrected chi connectivity index (χ3v) is 6.48. The molecule has 1 amide bonds. The maximum atomic E-state index is 12.1. The second-order valence-electron chi connectivity index (χ2n) is 6.24. The smallest absolute Gasteiger partial charge is 0.271 e. The lowest BCUT2D eigenvalue weighted by Gasteiger charge is -2.08. The second kappa shape index (κ2) is 9.51. The Labute approximate surface area is 182 Å². The van der Waals surface area contributed by atoms with E-state index < -0.39 is 0 Å². The van der Waals surface area contributed by atoms with Gasteiger partial charge in [-0.2, -0.15) is 5.10 Å². The van der Waals surface area contributed by atoms with Gasteiger partial charge in [0.05, 0.1) is 23.5 Å². The Hall–Kier alpha value is -3.23. The van der Waals surface area contributed by atoms with Crippen LogP contribution in [0.3, 0.4) is 0 Å². The summed E-state index contributed by atoms with van der Waals surface area (Å²) in [6.45, 7) is 0. The maximum absolute atomic E-state index is 12.1. The summed E-state index contributed by atoms with van der Waals surface area (Å²) in [5.74, 6) is 1.24. The molecule has 0 fully saturated rings. The summed E-state index contributed by atoms with van der Waals surface area (Å²) >= 11 is 3.35. The van der Waals surface area contributed by atoms with E-state index in [1.807, 2.05) is 36.4 Å². The highest BCUT2D eigenvalue weighted by Gasteiger charge is 2.09. The van der Waals surface area contributed by atoms with Gasteiger partial charge < -0.3 is 4.74 Å². The van der Waals surface area contributed by atoms with Crippen molar-refractivity contribution in [2.24, 2.45) is 5.10 Å². The van der Waals surface area contributed by atoms with Crippen LogP contribution in [0.1, 0.15) is 21.5 Å². The molecule has 2 aromatic carbocycles. The fraction of sp³-hybridized carbons (Fsp3) is 0.0909. The minimum Gasteiger partial charge on any atom is -0.496 e. The third-order valence-electron chi connectivity index (χ3n) is 4.25. The van der Waals surface area contributed by atoms with Crippen LogP contribution in [0.2, 0.25) is 0 Å². The summed E-state index contributed by atoms with van der Waals surface area (Å²) in [5, 5.41) is 4.06. The van der Waals surface area contributed by atoms with Crippen molar-refractivity contribution in [3.8, 4) is 5.75 Å². The Morgan fingerprint density at radius 3 is 2.83 bits per heavy atom. The van der Waals surface area contributed by atoms with E-state index in [-0.39, 0.29) is 5.91 Å². The number of aromatic nitrogens is 2. The van der Waals surface area contributed by atoms with Crippen LogP contribution in [0.5, 0.6) is 5.75 Å². The molecular formula is C22H18N4O2S2. The number of fused-ring (bicyclic) bond motifs is 1. The molecule has 0 spiro atoms. The fourth-order valence-electron chi connectivity index (χ4n) is 2.78. The monoisotopic (exact) mass is 434 g/mol. The minimum atomic E-state index is -0.284. The molecule has 0 bridgehead atoms. The highest BCUT2D eigenvalue weighted by Crippen LogP contribution is 2.33. The van der Waals surface area contributed by atoms with Crippen LogP contribution < -0.4 is 10.2 Å². The normalized spacial score (nSPS) is 11.1. The molecule has 8 heteroatoms. The molecule has 2 aromatic heterocycles.